The van der Waals surface area contributed by atoms with E-state index in [0.29, 0.717) is 12.5 Å². The molecule has 0 spiro atoms. The van der Waals surface area contributed by atoms with Gasteiger partial charge in [-0.1, -0.05) is 29.8 Å². The molecule has 2 heteroatoms. The van der Waals surface area contributed by atoms with E-state index in [1.807, 2.05) is 12.3 Å². The molecule has 2 N–H and O–H groups in total. The summed E-state index contributed by atoms with van der Waals surface area (Å²) in [6.45, 7) is 2.74. The number of fused-ring (bicyclic) bond motifs is 1. The molecule has 1 aliphatic rings. The summed E-state index contributed by atoms with van der Waals surface area (Å²) < 4.78 is 0. The molecular weight excluding hydrogens is 220 g/mol. The van der Waals surface area contributed by atoms with E-state index in [4.69, 9.17) is 5.73 Å². The lowest BCUT2D eigenvalue weighted by Gasteiger charge is -2.16. The van der Waals surface area contributed by atoms with E-state index in [-0.39, 0.29) is 0 Å². The Morgan fingerprint density at radius 2 is 2.22 bits per heavy atom. The molecule has 18 heavy (non-hydrogen) atoms. The number of pyridine rings is 1. The predicted molar refractivity (Wildman–Crippen MR) is 73.5 cm³/mol. The van der Waals surface area contributed by atoms with E-state index in [0.717, 1.165) is 12.8 Å². The summed E-state index contributed by atoms with van der Waals surface area (Å²) >= 11 is 0. The van der Waals surface area contributed by atoms with Crippen LogP contribution in [0.3, 0.4) is 0 Å². The third kappa shape index (κ3) is 1.83. The van der Waals surface area contributed by atoms with E-state index >= 15 is 0 Å². The van der Waals surface area contributed by atoms with E-state index in [9.17, 15) is 0 Å². The maximum atomic E-state index is 5.87. The zero-order chi connectivity index (χ0) is 12.5. The molecule has 1 heterocycles. The molecule has 3 rings (SSSR count). The molecule has 2 nitrogen and oxygen atoms in total. The predicted octanol–water partition coefficient (Wildman–Crippen LogP) is 2.93. The Hall–Kier alpha value is -1.67. The fourth-order valence-electron chi connectivity index (χ4n) is 2.94. The molecular formula is C16H18N2. The van der Waals surface area contributed by atoms with Crippen molar-refractivity contribution in [3.8, 4) is 0 Å². The van der Waals surface area contributed by atoms with Crippen molar-refractivity contribution in [2.75, 3.05) is 0 Å². The summed E-state index contributed by atoms with van der Waals surface area (Å²) in [4.78, 5) is 4.58. The summed E-state index contributed by atoms with van der Waals surface area (Å²) in [5.74, 6) is 0.430. The number of nitrogens with two attached hydrogens (primary N) is 1. The Labute approximate surface area is 108 Å². The summed E-state index contributed by atoms with van der Waals surface area (Å²) in [5.41, 5.74) is 12.4. The maximum absolute atomic E-state index is 5.87. The van der Waals surface area contributed by atoms with E-state index in [1.165, 1.54) is 27.9 Å². The number of aryl methyl sites for hydroxylation is 2. The van der Waals surface area contributed by atoms with Crippen molar-refractivity contribution < 1.29 is 0 Å². The topological polar surface area (TPSA) is 38.9 Å². The Bertz CT molecular complexity index is 575. The Morgan fingerprint density at radius 1 is 1.33 bits per heavy atom. The fraction of sp³-hybridized carbons (Fsp3) is 0.312. The average molecular weight is 238 g/mol. The Morgan fingerprint density at radius 3 is 3.06 bits per heavy atom. The van der Waals surface area contributed by atoms with Crippen molar-refractivity contribution in [2.45, 2.75) is 32.2 Å². The van der Waals surface area contributed by atoms with E-state index in [2.05, 4.69) is 36.2 Å². The molecule has 0 bridgehead atoms. The second-order valence-corrected chi connectivity index (χ2v) is 5.05. The molecule has 92 valence electrons. The summed E-state index contributed by atoms with van der Waals surface area (Å²) in [6.07, 6.45) is 4.18. The van der Waals surface area contributed by atoms with Gasteiger partial charge in [-0.05, 0) is 42.5 Å². The smallest absolute Gasteiger partial charge is 0.0510 e. The van der Waals surface area contributed by atoms with Crippen LogP contribution in [-0.4, -0.2) is 4.98 Å². The third-order valence-electron chi connectivity index (χ3n) is 3.86. The number of hydrogen-bond donors (Lipinski definition) is 1. The van der Waals surface area contributed by atoms with Gasteiger partial charge in [-0.3, -0.25) is 4.98 Å². The van der Waals surface area contributed by atoms with E-state index in [1.54, 1.807) is 0 Å². The summed E-state index contributed by atoms with van der Waals surface area (Å²) in [6, 6.07) is 10.8. The van der Waals surface area contributed by atoms with Gasteiger partial charge in [0.05, 0.1) is 5.69 Å². The van der Waals surface area contributed by atoms with Crippen molar-refractivity contribution in [3.05, 3.63) is 64.5 Å². The first-order chi connectivity index (χ1) is 8.79. The molecule has 0 saturated carbocycles. The van der Waals surface area contributed by atoms with Crippen molar-refractivity contribution in [1.29, 1.82) is 0 Å². The highest BCUT2D eigenvalue weighted by Gasteiger charge is 2.26. The monoisotopic (exact) mass is 238 g/mol. The minimum atomic E-state index is 0.430. The molecule has 0 aliphatic heterocycles. The molecule has 0 amide bonds. The lowest BCUT2D eigenvalue weighted by Crippen LogP contribution is -2.07. The minimum Gasteiger partial charge on any atom is -0.326 e. The van der Waals surface area contributed by atoms with Gasteiger partial charge in [0.2, 0.25) is 0 Å². The summed E-state index contributed by atoms with van der Waals surface area (Å²) in [5, 5.41) is 0. The first kappa shape index (κ1) is 11.4. The van der Waals surface area contributed by atoms with Gasteiger partial charge >= 0.3 is 0 Å². The van der Waals surface area contributed by atoms with Crippen LogP contribution in [0.5, 0.6) is 0 Å². The highest BCUT2D eigenvalue weighted by atomic mass is 14.7. The van der Waals surface area contributed by atoms with Gasteiger partial charge in [-0.15, -0.1) is 0 Å². The van der Waals surface area contributed by atoms with Crippen molar-refractivity contribution in [2.24, 2.45) is 5.73 Å². The van der Waals surface area contributed by atoms with Gasteiger partial charge in [0.15, 0.2) is 0 Å². The van der Waals surface area contributed by atoms with Gasteiger partial charge in [-0.2, -0.15) is 0 Å². The third-order valence-corrected chi connectivity index (χ3v) is 3.86. The normalized spacial score (nSPS) is 17.8. The SMILES string of the molecule is Cc1ccc(CN)c(C2CCc3cccnc32)c1. The zero-order valence-corrected chi connectivity index (χ0v) is 10.7. The first-order valence-corrected chi connectivity index (χ1v) is 6.53. The molecule has 1 unspecified atom stereocenters. The number of nitrogens with zero attached hydrogens (tertiary/aromatic N) is 1. The second kappa shape index (κ2) is 4.54. The first-order valence-electron chi connectivity index (χ1n) is 6.53. The molecule has 1 aromatic heterocycles. The van der Waals surface area contributed by atoms with Gasteiger partial charge in [0, 0.05) is 18.7 Å². The van der Waals surface area contributed by atoms with Crippen molar-refractivity contribution in [3.63, 3.8) is 0 Å². The molecule has 1 aliphatic carbocycles. The molecule has 0 saturated heterocycles. The number of rotatable bonds is 2. The number of aromatic nitrogens is 1. The van der Waals surface area contributed by atoms with Crippen LogP contribution in [0.15, 0.2) is 36.5 Å². The molecule has 0 radical (unpaired) electrons. The van der Waals surface area contributed by atoms with Gasteiger partial charge in [0.25, 0.3) is 0 Å². The maximum Gasteiger partial charge on any atom is 0.0510 e. The van der Waals surface area contributed by atoms with Gasteiger partial charge in [0.1, 0.15) is 0 Å². The van der Waals surface area contributed by atoms with Crippen LogP contribution >= 0.6 is 0 Å². The van der Waals surface area contributed by atoms with Crippen LogP contribution in [-0.2, 0) is 13.0 Å². The molecule has 1 atom stereocenters. The van der Waals surface area contributed by atoms with Gasteiger partial charge < -0.3 is 5.73 Å². The van der Waals surface area contributed by atoms with E-state index < -0.39 is 0 Å². The molecule has 1 aromatic carbocycles. The highest BCUT2D eigenvalue weighted by Crippen LogP contribution is 2.38. The lowest BCUT2D eigenvalue weighted by atomic mass is 9.90. The largest absolute Gasteiger partial charge is 0.326 e. The van der Waals surface area contributed by atoms with Crippen LogP contribution < -0.4 is 5.73 Å². The second-order valence-electron chi connectivity index (χ2n) is 5.05. The Balaban J connectivity index is 2.09. The lowest BCUT2D eigenvalue weighted by molar-refractivity contribution is 0.758. The zero-order valence-electron chi connectivity index (χ0n) is 10.7. The highest BCUT2D eigenvalue weighted by molar-refractivity contribution is 5.43. The quantitative estimate of drug-likeness (QED) is 0.873. The van der Waals surface area contributed by atoms with Crippen LogP contribution in [0.2, 0.25) is 0 Å². The van der Waals surface area contributed by atoms with Crippen molar-refractivity contribution in [1.82, 2.24) is 4.98 Å². The van der Waals surface area contributed by atoms with Gasteiger partial charge in [-0.25, -0.2) is 0 Å². The standard InChI is InChI=1S/C16H18N2/c1-11-4-5-13(10-17)15(9-11)14-7-6-12-3-2-8-18-16(12)14/h2-5,8-9,14H,6-7,10,17H2,1H3. The van der Waals surface area contributed by atoms with Crippen molar-refractivity contribution >= 4 is 0 Å². The number of benzene rings is 1. The number of hydrogen-bond acceptors (Lipinski definition) is 2. The Kier molecular flexibility index (Phi) is 2.88. The molecule has 2 aromatic rings. The summed E-state index contributed by atoms with van der Waals surface area (Å²) in [7, 11) is 0. The minimum absolute atomic E-state index is 0.430. The van der Waals surface area contributed by atoms with Crippen LogP contribution in [0.25, 0.3) is 0 Å². The molecule has 0 fully saturated rings. The van der Waals surface area contributed by atoms with Crippen LogP contribution in [0, 0.1) is 6.92 Å². The average Bonchev–Trinajstić information content (AvgIpc) is 2.82. The fourth-order valence-corrected chi connectivity index (χ4v) is 2.94. The van der Waals surface area contributed by atoms with Crippen LogP contribution in [0.1, 0.15) is 40.3 Å². The van der Waals surface area contributed by atoms with Crippen LogP contribution in [0.4, 0.5) is 0 Å².